The maximum absolute atomic E-state index is 13.3. The Bertz CT molecular complexity index is 1170. The number of carbonyl (C=O) groups is 2. The molecule has 2 aromatic heterocycles. The molecule has 0 saturated carbocycles. The number of benzene rings is 1. The van der Waals surface area contributed by atoms with E-state index in [1.807, 2.05) is 43.0 Å². The molecule has 8 heteroatoms. The number of hydrogen-bond acceptors (Lipinski definition) is 5. The highest BCUT2D eigenvalue weighted by atomic mass is 32.1. The van der Waals surface area contributed by atoms with Crippen LogP contribution in [0.25, 0.3) is 20.2 Å². The number of hydrogen-bond donors (Lipinski definition) is 1. The van der Waals surface area contributed by atoms with Crippen molar-refractivity contribution in [2.24, 2.45) is 0 Å². The van der Waals surface area contributed by atoms with Gasteiger partial charge in [0.1, 0.15) is 6.04 Å². The predicted octanol–water partition coefficient (Wildman–Crippen LogP) is 3.00. The first-order valence-corrected chi connectivity index (χ1v) is 11.3. The SMILES string of the molecule is CC[C@H](C(=O)NCCCN1CCCC1=O)n1nc(C)c2sc3ccccc3c2c1=O. The molecule has 30 heavy (non-hydrogen) atoms. The molecular weight excluding hydrogens is 400 g/mol. The molecule has 3 aromatic rings. The zero-order valence-corrected chi connectivity index (χ0v) is 18.1. The standard InChI is InChI=1S/C22H26N4O3S/c1-3-16(21(28)23-11-7-13-25-12-6-10-18(25)27)26-22(29)19-15-8-4-5-9-17(15)30-20(19)14(2)24-26/h4-5,8-9,16H,3,6-7,10-13H2,1-2H3,(H,23,28)/t16-/m1/s1. The topological polar surface area (TPSA) is 84.3 Å². The van der Waals surface area contributed by atoms with E-state index in [4.69, 9.17) is 0 Å². The lowest BCUT2D eigenvalue weighted by molar-refractivity contribution is -0.127. The van der Waals surface area contributed by atoms with Gasteiger partial charge in [-0.25, -0.2) is 4.68 Å². The minimum Gasteiger partial charge on any atom is -0.354 e. The Kier molecular flexibility index (Phi) is 5.85. The predicted molar refractivity (Wildman–Crippen MR) is 119 cm³/mol. The number of aromatic nitrogens is 2. The summed E-state index contributed by atoms with van der Waals surface area (Å²) in [7, 11) is 0. The number of aryl methyl sites for hydroxylation is 1. The van der Waals surface area contributed by atoms with Gasteiger partial charge in [-0.2, -0.15) is 5.10 Å². The van der Waals surface area contributed by atoms with Crippen LogP contribution < -0.4 is 10.9 Å². The second-order valence-corrected chi connectivity index (χ2v) is 8.74. The summed E-state index contributed by atoms with van der Waals surface area (Å²) in [6.07, 6.45) is 2.70. The summed E-state index contributed by atoms with van der Waals surface area (Å²) in [5.41, 5.74) is 0.530. The van der Waals surface area contributed by atoms with Gasteiger partial charge in [0.2, 0.25) is 11.8 Å². The highest BCUT2D eigenvalue weighted by Crippen LogP contribution is 2.33. The van der Waals surface area contributed by atoms with Crippen molar-refractivity contribution < 1.29 is 9.59 Å². The number of nitrogens with zero attached hydrogens (tertiary/aromatic N) is 3. The van der Waals surface area contributed by atoms with Crippen LogP contribution in [0.4, 0.5) is 0 Å². The number of fused-ring (bicyclic) bond motifs is 3. The van der Waals surface area contributed by atoms with Crippen molar-refractivity contribution in [1.29, 1.82) is 0 Å². The lowest BCUT2D eigenvalue weighted by Crippen LogP contribution is -2.39. The second kappa shape index (κ2) is 8.55. The van der Waals surface area contributed by atoms with Gasteiger partial charge in [0.25, 0.3) is 5.56 Å². The van der Waals surface area contributed by atoms with Crippen LogP contribution in [0.1, 0.15) is 44.3 Å². The highest BCUT2D eigenvalue weighted by molar-refractivity contribution is 7.26. The number of carbonyl (C=O) groups excluding carboxylic acids is 2. The van der Waals surface area contributed by atoms with Crippen molar-refractivity contribution in [3.8, 4) is 0 Å². The van der Waals surface area contributed by atoms with Gasteiger partial charge < -0.3 is 10.2 Å². The van der Waals surface area contributed by atoms with Gasteiger partial charge in [-0.3, -0.25) is 14.4 Å². The number of nitrogens with one attached hydrogen (secondary N) is 1. The molecule has 1 aromatic carbocycles. The molecule has 1 fully saturated rings. The van der Waals surface area contributed by atoms with Crippen LogP contribution in [0.15, 0.2) is 29.1 Å². The third-order valence-electron chi connectivity index (χ3n) is 5.66. The summed E-state index contributed by atoms with van der Waals surface area (Å²) in [5, 5.41) is 8.96. The molecule has 3 heterocycles. The minimum atomic E-state index is -0.660. The Morgan fingerprint density at radius 2 is 2.10 bits per heavy atom. The van der Waals surface area contributed by atoms with E-state index in [0.717, 1.165) is 33.4 Å². The van der Waals surface area contributed by atoms with Crippen molar-refractivity contribution in [1.82, 2.24) is 20.0 Å². The van der Waals surface area contributed by atoms with Gasteiger partial charge >= 0.3 is 0 Å². The number of thiophene rings is 1. The Balaban J connectivity index is 1.54. The Morgan fingerprint density at radius 1 is 1.30 bits per heavy atom. The maximum atomic E-state index is 13.3. The van der Waals surface area contributed by atoms with Gasteiger partial charge in [-0.05, 0) is 32.3 Å². The van der Waals surface area contributed by atoms with Crippen molar-refractivity contribution in [2.45, 2.75) is 45.6 Å². The molecule has 2 amide bonds. The fourth-order valence-electron chi connectivity index (χ4n) is 4.10. The zero-order valence-electron chi connectivity index (χ0n) is 17.3. The van der Waals surface area contributed by atoms with Crippen LogP contribution in [0.3, 0.4) is 0 Å². The fourth-order valence-corrected chi connectivity index (χ4v) is 5.23. The second-order valence-electron chi connectivity index (χ2n) is 7.69. The first kappa shape index (κ1) is 20.5. The van der Waals surface area contributed by atoms with Crippen molar-refractivity contribution in [3.05, 3.63) is 40.3 Å². The van der Waals surface area contributed by atoms with Crippen molar-refractivity contribution in [3.63, 3.8) is 0 Å². The van der Waals surface area contributed by atoms with E-state index in [1.54, 1.807) is 11.3 Å². The van der Waals surface area contributed by atoms with Gasteiger partial charge in [-0.1, -0.05) is 25.1 Å². The summed E-state index contributed by atoms with van der Waals surface area (Å²) in [4.78, 5) is 39.7. The number of likely N-dealkylation sites (tertiary alicyclic amines) is 1. The molecule has 0 aliphatic carbocycles. The van der Waals surface area contributed by atoms with E-state index in [0.29, 0.717) is 37.7 Å². The third-order valence-corrected chi connectivity index (χ3v) is 6.94. The minimum absolute atomic E-state index is 0.190. The van der Waals surface area contributed by atoms with Crippen LogP contribution in [-0.2, 0) is 9.59 Å². The third kappa shape index (κ3) is 3.71. The van der Waals surface area contributed by atoms with Crippen LogP contribution in [-0.4, -0.2) is 46.1 Å². The molecule has 1 aliphatic rings. The molecule has 0 radical (unpaired) electrons. The Hall–Kier alpha value is -2.74. The fraction of sp³-hybridized carbons (Fsp3) is 0.455. The normalized spacial score (nSPS) is 15.3. The van der Waals surface area contributed by atoms with Crippen LogP contribution >= 0.6 is 11.3 Å². The number of rotatable bonds is 7. The molecule has 0 bridgehead atoms. The molecule has 1 saturated heterocycles. The largest absolute Gasteiger partial charge is 0.354 e. The lowest BCUT2D eigenvalue weighted by atomic mass is 10.1. The lowest BCUT2D eigenvalue weighted by Gasteiger charge is -2.19. The van der Waals surface area contributed by atoms with Gasteiger partial charge in [0, 0.05) is 36.1 Å². The zero-order chi connectivity index (χ0) is 21.3. The molecule has 158 valence electrons. The van der Waals surface area contributed by atoms with E-state index in [9.17, 15) is 14.4 Å². The number of amides is 2. The molecule has 0 spiro atoms. The smallest absolute Gasteiger partial charge is 0.276 e. The summed E-state index contributed by atoms with van der Waals surface area (Å²) in [6, 6.07) is 7.16. The van der Waals surface area contributed by atoms with Crippen molar-refractivity contribution in [2.75, 3.05) is 19.6 Å². The van der Waals surface area contributed by atoms with Crippen molar-refractivity contribution >= 4 is 43.3 Å². The molecule has 7 nitrogen and oxygen atoms in total. The molecule has 1 N–H and O–H groups in total. The van der Waals surface area contributed by atoms with E-state index in [2.05, 4.69) is 10.4 Å². The molecule has 0 unspecified atom stereocenters. The summed E-state index contributed by atoms with van der Waals surface area (Å²) >= 11 is 1.56. The maximum Gasteiger partial charge on any atom is 0.276 e. The molecule has 4 rings (SSSR count). The van der Waals surface area contributed by atoms with E-state index < -0.39 is 6.04 Å². The monoisotopic (exact) mass is 426 g/mol. The summed E-state index contributed by atoms with van der Waals surface area (Å²) < 4.78 is 3.26. The quantitative estimate of drug-likeness (QED) is 0.589. The van der Waals surface area contributed by atoms with Gasteiger partial charge in [0.15, 0.2) is 0 Å². The summed E-state index contributed by atoms with van der Waals surface area (Å²) in [5.74, 6) is -0.0200. The Labute approximate surface area is 178 Å². The van der Waals surface area contributed by atoms with E-state index in [1.165, 1.54) is 4.68 Å². The van der Waals surface area contributed by atoms with Crippen LogP contribution in [0, 0.1) is 6.92 Å². The first-order chi connectivity index (χ1) is 14.5. The average molecular weight is 427 g/mol. The first-order valence-electron chi connectivity index (χ1n) is 10.5. The molecular formula is C22H26N4O3S. The van der Waals surface area contributed by atoms with Crippen LogP contribution in [0.2, 0.25) is 0 Å². The molecule has 1 aliphatic heterocycles. The highest BCUT2D eigenvalue weighted by Gasteiger charge is 2.24. The van der Waals surface area contributed by atoms with E-state index in [-0.39, 0.29) is 17.4 Å². The summed E-state index contributed by atoms with van der Waals surface area (Å²) in [6.45, 7) is 5.69. The van der Waals surface area contributed by atoms with Gasteiger partial charge in [0.05, 0.1) is 15.8 Å². The van der Waals surface area contributed by atoms with Gasteiger partial charge in [-0.15, -0.1) is 11.3 Å². The van der Waals surface area contributed by atoms with E-state index >= 15 is 0 Å². The Morgan fingerprint density at radius 3 is 2.83 bits per heavy atom. The molecule has 1 atom stereocenters. The van der Waals surface area contributed by atoms with Crippen LogP contribution in [0.5, 0.6) is 0 Å². The average Bonchev–Trinajstić information content (AvgIpc) is 3.33.